The van der Waals surface area contributed by atoms with Gasteiger partial charge in [-0.2, -0.15) is 0 Å². The van der Waals surface area contributed by atoms with E-state index in [-0.39, 0.29) is 0 Å². The second-order valence-electron chi connectivity index (χ2n) is 3.84. The normalized spacial score (nSPS) is 20.5. The lowest BCUT2D eigenvalue weighted by Gasteiger charge is -2.41. The van der Waals surface area contributed by atoms with Gasteiger partial charge in [0.15, 0.2) is 0 Å². The lowest BCUT2D eigenvalue weighted by Crippen LogP contribution is -2.42. The first-order chi connectivity index (χ1) is 5.78. The van der Waals surface area contributed by atoms with Crippen molar-refractivity contribution in [1.82, 2.24) is 4.57 Å². The van der Waals surface area contributed by atoms with E-state index in [1.165, 1.54) is 25.0 Å². The van der Waals surface area contributed by atoms with Crippen molar-refractivity contribution in [3.8, 4) is 0 Å². The van der Waals surface area contributed by atoms with Gasteiger partial charge in [0.1, 0.15) is 0 Å². The van der Waals surface area contributed by atoms with Crippen molar-refractivity contribution in [3.63, 3.8) is 0 Å². The highest BCUT2D eigenvalue weighted by Gasteiger charge is 2.38. The van der Waals surface area contributed by atoms with Gasteiger partial charge in [-0.3, -0.25) is 0 Å². The minimum atomic E-state index is 0.318. The fraction of sp³-hybridized carbons (Fsp3) is 0.600. The topological polar surface area (TPSA) is 30.9 Å². The molecule has 1 saturated carbocycles. The largest absolute Gasteiger partial charge is 0.354 e. The third kappa shape index (κ3) is 0.911. The molecular weight excluding hydrogens is 148 g/mol. The molecule has 2 heteroatoms. The van der Waals surface area contributed by atoms with Crippen LogP contribution in [0.3, 0.4) is 0 Å². The molecule has 66 valence electrons. The Kier molecular flexibility index (Phi) is 1.72. The summed E-state index contributed by atoms with van der Waals surface area (Å²) in [5.41, 5.74) is 7.55. The summed E-state index contributed by atoms with van der Waals surface area (Å²) in [4.78, 5) is 0. The third-order valence-corrected chi connectivity index (χ3v) is 3.19. The summed E-state index contributed by atoms with van der Waals surface area (Å²) in [6.45, 7) is 0.796. The van der Waals surface area contributed by atoms with Crippen molar-refractivity contribution in [1.29, 1.82) is 0 Å². The van der Waals surface area contributed by atoms with Crippen molar-refractivity contribution in [2.24, 2.45) is 12.8 Å². The van der Waals surface area contributed by atoms with Crippen molar-refractivity contribution >= 4 is 0 Å². The van der Waals surface area contributed by atoms with Gasteiger partial charge in [-0.25, -0.2) is 0 Å². The molecule has 0 unspecified atom stereocenters. The van der Waals surface area contributed by atoms with Gasteiger partial charge in [0, 0.05) is 30.9 Å². The summed E-state index contributed by atoms with van der Waals surface area (Å²) in [7, 11) is 2.10. The fourth-order valence-corrected chi connectivity index (χ4v) is 2.18. The van der Waals surface area contributed by atoms with Crippen molar-refractivity contribution in [2.75, 3.05) is 6.54 Å². The zero-order chi connectivity index (χ0) is 8.60. The van der Waals surface area contributed by atoms with Crippen LogP contribution in [0.1, 0.15) is 25.0 Å². The van der Waals surface area contributed by atoms with Gasteiger partial charge in [0.05, 0.1) is 0 Å². The van der Waals surface area contributed by atoms with Gasteiger partial charge in [-0.05, 0) is 25.0 Å². The molecule has 1 aliphatic carbocycles. The van der Waals surface area contributed by atoms with E-state index in [1.807, 2.05) is 0 Å². The number of nitrogens with two attached hydrogens (primary N) is 1. The van der Waals surface area contributed by atoms with E-state index in [9.17, 15) is 0 Å². The molecule has 2 N–H and O–H groups in total. The summed E-state index contributed by atoms with van der Waals surface area (Å²) < 4.78 is 2.20. The molecule has 12 heavy (non-hydrogen) atoms. The lowest BCUT2D eigenvalue weighted by molar-refractivity contribution is 0.240. The number of aromatic nitrogens is 1. The predicted octanol–water partition coefficient (Wildman–Crippen LogP) is 1.41. The summed E-state index contributed by atoms with van der Waals surface area (Å²) in [5, 5.41) is 0. The van der Waals surface area contributed by atoms with Crippen LogP contribution in [-0.2, 0) is 12.5 Å². The van der Waals surface area contributed by atoms with Crippen LogP contribution >= 0.6 is 0 Å². The van der Waals surface area contributed by atoms with E-state index >= 15 is 0 Å². The molecule has 0 atom stereocenters. The molecule has 0 amide bonds. The number of nitrogens with zero attached hydrogens (tertiary/aromatic N) is 1. The molecule has 1 heterocycles. The van der Waals surface area contributed by atoms with Gasteiger partial charge >= 0.3 is 0 Å². The summed E-state index contributed by atoms with van der Waals surface area (Å²) in [6.07, 6.45) is 5.97. The Hall–Kier alpha value is -0.760. The lowest BCUT2D eigenvalue weighted by atomic mass is 9.66. The van der Waals surface area contributed by atoms with Crippen LogP contribution in [0.15, 0.2) is 18.3 Å². The van der Waals surface area contributed by atoms with Gasteiger partial charge in [0.25, 0.3) is 0 Å². The van der Waals surface area contributed by atoms with Crippen LogP contribution in [0.2, 0.25) is 0 Å². The second kappa shape index (κ2) is 2.63. The zero-order valence-electron chi connectivity index (χ0n) is 7.59. The molecule has 0 spiro atoms. The highest BCUT2D eigenvalue weighted by Crippen LogP contribution is 2.42. The minimum absolute atomic E-state index is 0.318. The molecule has 0 saturated heterocycles. The molecule has 1 aromatic rings. The van der Waals surface area contributed by atoms with Gasteiger partial charge in [-0.15, -0.1) is 0 Å². The molecule has 1 aromatic heterocycles. The molecule has 0 bridgehead atoms. The van der Waals surface area contributed by atoms with Crippen LogP contribution in [0.25, 0.3) is 0 Å². The average molecular weight is 164 g/mol. The average Bonchev–Trinajstić information content (AvgIpc) is 2.36. The summed E-state index contributed by atoms with van der Waals surface area (Å²) in [6, 6.07) is 4.30. The number of hydrogen-bond acceptors (Lipinski definition) is 1. The van der Waals surface area contributed by atoms with E-state index in [1.54, 1.807) is 0 Å². The molecule has 2 rings (SSSR count). The maximum Gasteiger partial charge on any atom is 0.0246 e. The Morgan fingerprint density at radius 1 is 1.58 bits per heavy atom. The minimum Gasteiger partial charge on any atom is -0.354 e. The van der Waals surface area contributed by atoms with Gasteiger partial charge in [-0.1, -0.05) is 6.42 Å². The van der Waals surface area contributed by atoms with Crippen molar-refractivity contribution in [3.05, 3.63) is 24.0 Å². The first kappa shape index (κ1) is 7.87. The van der Waals surface area contributed by atoms with Crippen LogP contribution in [0, 0.1) is 0 Å². The van der Waals surface area contributed by atoms with Gasteiger partial charge < -0.3 is 10.3 Å². The van der Waals surface area contributed by atoms with E-state index in [4.69, 9.17) is 5.73 Å². The Labute approximate surface area is 73.4 Å². The number of rotatable bonds is 2. The van der Waals surface area contributed by atoms with Crippen molar-refractivity contribution < 1.29 is 0 Å². The standard InChI is InChI=1S/C10H16N2/c1-12-7-2-4-9(12)10(8-11)5-3-6-10/h2,4,7H,3,5-6,8,11H2,1H3. The highest BCUT2D eigenvalue weighted by molar-refractivity contribution is 5.23. The van der Waals surface area contributed by atoms with E-state index < -0.39 is 0 Å². The van der Waals surface area contributed by atoms with E-state index in [0.29, 0.717) is 5.41 Å². The van der Waals surface area contributed by atoms with Gasteiger partial charge in [0.2, 0.25) is 0 Å². The quantitative estimate of drug-likeness (QED) is 0.704. The molecule has 1 fully saturated rings. The number of hydrogen-bond donors (Lipinski definition) is 1. The van der Waals surface area contributed by atoms with E-state index in [0.717, 1.165) is 6.54 Å². The van der Waals surface area contributed by atoms with Crippen LogP contribution in [0.4, 0.5) is 0 Å². The molecule has 0 aromatic carbocycles. The molecule has 0 aliphatic heterocycles. The molecule has 1 aliphatic rings. The Bertz CT molecular complexity index is 266. The molecular formula is C10H16N2. The third-order valence-electron chi connectivity index (χ3n) is 3.19. The Morgan fingerprint density at radius 2 is 2.33 bits per heavy atom. The highest BCUT2D eigenvalue weighted by atomic mass is 14.9. The predicted molar refractivity (Wildman–Crippen MR) is 50.0 cm³/mol. The second-order valence-corrected chi connectivity index (χ2v) is 3.84. The Balaban J connectivity index is 2.33. The first-order valence-electron chi connectivity index (χ1n) is 4.60. The maximum atomic E-state index is 5.82. The fourth-order valence-electron chi connectivity index (χ4n) is 2.18. The summed E-state index contributed by atoms with van der Waals surface area (Å²) >= 11 is 0. The SMILES string of the molecule is Cn1cccc1C1(CN)CCC1. The summed E-state index contributed by atoms with van der Waals surface area (Å²) in [5.74, 6) is 0. The van der Waals surface area contributed by atoms with Crippen LogP contribution < -0.4 is 5.73 Å². The maximum absolute atomic E-state index is 5.82. The van der Waals surface area contributed by atoms with Crippen LogP contribution in [-0.4, -0.2) is 11.1 Å². The molecule has 0 radical (unpaired) electrons. The Morgan fingerprint density at radius 3 is 2.67 bits per heavy atom. The first-order valence-corrected chi connectivity index (χ1v) is 4.60. The van der Waals surface area contributed by atoms with Crippen LogP contribution in [0.5, 0.6) is 0 Å². The smallest absolute Gasteiger partial charge is 0.0246 e. The van der Waals surface area contributed by atoms with Crippen molar-refractivity contribution in [2.45, 2.75) is 24.7 Å². The zero-order valence-corrected chi connectivity index (χ0v) is 7.59. The monoisotopic (exact) mass is 164 g/mol. The van der Waals surface area contributed by atoms with E-state index in [2.05, 4.69) is 29.9 Å². The number of aryl methyl sites for hydroxylation is 1. The molecule has 2 nitrogen and oxygen atoms in total.